The molecular weight excluding hydrogens is 280 g/mol. The number of hydrogen-bond donors (Lipinski definition) is 3. The van der Waals surface area contributed by atoms with E-state index in [1.54, 1.807) is 24.3 Å². The van der Waals surface area contributed by atoms with Gasteiger partial charge in [0.1, 0.15) is 28.6 Å². The number of rotatable bonds is 1. The Hall–Kier alpha value is -2.36. The second-order valence-corrected chi connectivity index (χ2v) is 6.31. The fourth-order valence-electron chi connectivity index (χ4n) is 3.96. The number of fused-ring (bicyclic) bond motifs is 4. The zero-order valence-corrected chi connectivity index (χ0v) is 12.1. The molecule has 2 aromatic rings. The van der Waals surface area contributed by atoms with Gasteiger partial charge in [-0.3, -0.25) is 0 Å². The summed E-state index contributed by atoms with van der Waals surface area (Å²) in [5.41, 5.74) is 1.26. The van der Waals surface area contributed by atoms with Crippen LogP contribution in [0, 0.1) is 0 Å². The second-order valence-electron chi connectivity index (χ2n) is 6.31. The van der Waals surface area contributed by atoms with Crippen molar-refractivity contribution in [3.05, 3.63) is 47.5 Å². The van der Waals surface area contributed by atoms with Crippen LogP contribution in [0.1, 0.15) is 42.7 Å². The van der Waals surface area contributed by atoms with Gasteiger partial charge in [-0.2, -0.15) is 0 Å². The Morgan fingerprint density at radius 3 is 2.59 bits per heavy atom. The molecule has 0 saturated heterocycles. The predicted molar refractivity (Wildman–Crippen MR) is 81.4 cm³/mol. The van der Waals surface area contributed by atoms with E-state index in [4.69, 9.17) is 4.74 Å². The summed E-state index contributed by atoms with van der Waals surface area (Å²) in [6.07, 6.45) is 3.73. The highest BCUT2D eigenvalue weighted by Gasteiger charge is 2.46. The molecule has 2 atom stereocenters. The topological polar surface area (TPSA) is 69.9 Å². The average molecular weight is 298 g/mol. The molecule has 1 aliphatic carbocycles. The van der Waals surface area contributed by atoms with E-state index >= 15 is 0 Å². The summed E-state index contributed by atoms with van der Waals surface area (Å²) in [7, 11) is 0. The Labute approximate surface area is 128 Å². The molecule has 0 unspecified atom stereocenters. The molecule has 114 valence electrons. The maximum absolute atomic E-state index is 10.3. The van der Waals surface area contributed by atoms with Crippen LogP contribution < -0.4 is 4.74 Å². The van der Waals surface area contributed by atoms with Gasteiger partial charge in [0.2, 0.25) is 0 Å². The van der Waals surface area contributed by atoms with Crippen molar-refractivity contribution in [2.24, 2.45) is 0 Å². The van der Waals surface area contributed by atoms with Crippen molar-refractivity contribution in [2.45, 2.75) is 37.2 Å². The highest BCUT2D eigenvalue weighted by molar-refractivity contribution is 5.49. The minimum atomic E-state index is -0.582. The normalized spacial score (nSPS) is 26.1. The van der Waals surface area contributed by atoms with Crippen LogP contribution in [0.3, 0.4) is 0 Å². The van der Waals surface area contributed by atoms with Gasteiger partial charge in [-0.15, -0.1) is 0 Å². The van der Waals surface area contributed by atoms with E-state index in [0.29, 0.717) is 17.2 Å². The van der Waals surface area contributed by atoms with Crippen LogP contribution in [0.25, 0.3) is 0 Å². The quantitative estimate of drug-likeness (QED) is 0.750. The van der Waals surface area contributed by atoms with Crippen LogP contribution in [-0.2, 0) is 5.60 Å². The lowest BCUT2D eigenvalue weighted by atomic mass is 9.69. The molecule has 4 nitrogen and oxygen atoms in total. The Balaban J connectivity index is 1.85. The van der Waals surface area contributed by atoms with E-state index in [1.807, 2.05) is 6.07 Å². The van der Waals surface area contributed by atoms with Crippen molar-refractivity contribution in [1.29, 1.82) is 0 Å². The van der Waals surface area contributed by atoms with Gasteiger partial charge in [0.25, 0.3) is 0 Å². The molecule has 0 aromatic heterocycles. The summed E-state index contributed by atoms with van der Waals surface area (Å²) in [5, 5.41) is 29.5. The van der Waals surface area contributed by atoms with Crippen molar-refractivity contribution < 1.29 is 20.1 Å². The molecule has 4 rings (SSSR count). The molecule has 2 aromatic carbocycles. The lowest BCUT2D eigenvalue weighted by molar-refractivity contribution is -0.00220. The predicted octanol–water partition coefficient (Wildman–Crippen LogP) is 3.75. The maximum Gasteiger partial charge on any atom is 0.138 e. The monoisotopic (exact) mass is 298 g/mol. The number of hydrogen-bond acceptors (Lipinski definition) is 4. The molecule has 2 aliphatic rings. The molecule has 1 aliphatic heterocycles. The minimum absolute atomic E-state index is 0.0406. The van der Waals surface area contributed by atoms with Gasteiger partial charge < -0.3 is 20.1 Å². The van der Waals surface area contributed by atoms with Crippen LogP contribution in [-0.4, -0.2) is 15.3 Å². The summed E-state index contributed by atoms with van der Waals surface area (Å²) >= 11 is 0. The Morgan fingerprint density at radius 2 is 1.77 bits per heavy atom. The molecule has 1 heterocycles. The number of aromatic hydroxyl groups is 3. The summed E-state index contributed by atoms with van der Waals surface area (Å²) in [6, 6.07) is 9.95. The zero-order valence-electron chi connectivity index (χ0n) is 12.1. The smallest absolute Gasteiger partial charge is 0.138 e. The first kappa shape index (κ1) is 13.3. The van der Waals surface area contributed by atoms with E-state index in [0.717, 1.165) is 31.2 Å². The largest absolute Gasteiger partial charge is 0.508 e. The van der Waals surface area contributed by atoms with Crippen molar-refractivity contribution >= 4 is 0 Å². The Kier molecular flexibility index (Phi) is 2.76. The first-order valence-corrected chi connectivity index (χ1v) is 7.62. The number of phenolic OH excluding ortho intramolecular Hbond substituents is 3. The number of phenols is 3. The SMILES string of the molecule is Oc1ccc([C@@]23CCC[C@@H](C2)c2ccc(O)cc2O3)c(O)c1. The highest BCUT2D eigenvalue weighted by Crippen LogP contribution is 2.55. The highest BCUT2D eigenvalue weighted by atomic mass is 16.5. The standard InChI is InChI=1S/C18H18O4/c19-12-4-6-15(16(21)8-12)18-7-1-2-11(10-18)14-5-3-13(20)9-17(14)22-18/h3-6,8-9,11,19-21H,1-2,7,10H2/t11-,18+/m0/s1. The van der Waals surface area contributed by atoms with E-state index in [1.165, 1.54) is 6.07 Å². The van der Waals surface area contributed by atoms with Gasteiger partial charge >= 0.3 is 0 Å². The van der Waals surface area contributed by atoms with Crippen molar-refractivity contribution in [2.75, 3.05) is 0 Å². The van der Waals surface area contributed by atoms with E-state index in [-0.39, 0.29) is 17.2 Å². The van der Waals surface area contributed by atoms with Gasteiger partial charge in [-0.05, 0) is 55.4 Å². The van der Waals surface area contributed by atoms with Gasteiger partial charge in [0.05, 0.1) is 0 Å². The second kappa shape index (κ2) is 4.57. The average Bonchev–Trinajstić information content (AvgIpc) is 2.46. The Morgan fingerprint density at radius 1 is 1.00 bits per heavy atom. The molecular formula is C18H18O4. The van der Waals surface area contributed by atoms with E-state index in [9.17, 15) is 15.3 Å². The molecule has 0 amide bonds. The third-order valence-corrected chi connectivity index (χ3v) is 4.92. The van der Waals surface area contributed by atoms with Crippen LogP contribution in [0.15, 0.2) is 36.4 Å². The molecule has 0 radical (unpaired) electrons. The molecule has 2 bridgehead atoms. The molecule has 1 saturated carbocycles. The molecule has 3 N–H and O–H groups in total. The van der Waals surface area contributed by atoms with Crippen molar-refractivity contribution in [3.8, 4) is 23.0 Å². The zero-order chi connectivity index (χ0) is 15.3. The summed E-state index contributed by atoms with van der Waals surface area (Å²) in [4.78, 5) is 0. The third kappa shape index (κ3) is 1.90. The van der Waals surface area contributed by atoms with Gasteiger partial charge in [-0.25, -0.2) is 0 Å². The first-order valence-electron chi connectivity index (χ1n) is 7.62. The summed E-state index contributed by atoms with van der Waals surface area (Å²) in [5.74, 6) is 1.35. The van der Waals surface area contributed by atoms with E-state index < -0.39 is 5.60 Å². The lowest BCUT2D eigenvalue weighted by Crippen LogP contribution is -2.41. The Bertz CT molecular complexity index is 740. The van der Waals surface area contributed by atoms with Crippen LogP contribution in [0.5, 0.6) is 23.0 Å². The van der Waals surface area contributed by atoms with Gasteiger partial charge in [-0.1, -0.05) is 6.07 Å². The first-order chi connectivity index (χ1) is 10.6. The fraction of sp³-hybridized carbons (Fsp3) is 0.333. The van der Waals surface area contributed by atoms with Crippen LogP contribution in [0.4, 0.5) is 0 Å². The van der Waals surface area contributed by atoms with E-state index in [2.05, 4.69) is 0 Å². The molecule has 4 heteroatoms. The maximum atomic E-state index is 10.3. The third-order valence-electron chi connectivity index (χ3n) is 4.92. The van der Waals surface area contributed by atoms with Gasteiger partial charge in [0.15, 0.2) is 0 Å². The van der Waals surface area contributed by atoms with Crippen LogP contribution in [0.2, 0.25) is 0 Å². The van der Waals surface area contributed by atoms with Crippen molar-refractivity contribution in [3.63, 3.8) is 0 Å². The summed E-state index contributed by atoms with van der Waals surface area (Å²) in [6.45, 7) is 0. The summed E-state index contributed by atoms with van der Waals surface area (Å²) < 4.78 is 6.28. The molecule has 22 heavy (non-hydrogen) atoms. The molecule has 0 spiro atoms. The van der Waals surface area contributed by atoms with Gasteiger partial charge in [0, 0.05) is 17.7 Å². The van der Waals surface area contributed by atoms with Crippen molar-refractivity contribution in [1.82, 2.24) is 0 Å². The number of ether oxygens (including phenoxy) is 1. The molecule has 1 fully saturated rings. The number of benzene rings is 2. The fourth-order valence-corrected chi connectivity index (χ4v) is 3.96. The minimum Gasteiger partial charge on any atom is -0.508 e. The lowest BCUT2D eigenvalue weighted by Gasteiger charge is -2.46. The van der Waals surface area contributed by atoms with Crippen LogP contribution >= 0.6 is 0 Å².